The first-order valence-electron chi connectivity index (χ1n) is 6.79. The van der Waals surface area contributed by atoms with Gasteiger partial charge in [-0.25, -0.2) is 9.98 Å². The molecular formula is C17H10N2O3. The number of aliphatic imine (C=N–C) groups is 1. The first-order chi connectivity index (χ1) is 10.8. The Balaban J connectivity index is 1.93. The maximum Gasteiger partial charge on any atom is 0.299 e. The Labute approximate surface area is 125 Å². The van der Waals surface area contributed by atoms with Crippen molar-refractivity contribution < 1.29 is 14.3 Å². The summed E-state index contributed by atoms with van der Waals surface area (Å²) in [5, 5.41) is 1.22. The van der Waals surface area contributed by atoms with Crippen molar-refractivity contribution in [1.29, 1.82) is 0 Å². The Morgan fingerprint density at radius 3 is 2.64 bits per heavy atom. The molecule has 0 N–H and O–H groups in total. The third-order valence-corrected chi connectivity index (χ3v) is 3.60. The van der Waals surface area contributed by atoms with Gasteiger partial charge in [0.1, 0.15) is 0 Å². The van der Waals surface area contributed by atoms with E-state index in [1.807, 2.05) is 48.5 Å². The average molecular weight is 290 g/mol. The van der Waals surface area contributed by atoms with Crippen molar-refractivity contribution in [1.82, 2.24) is 0 Å². The molecule has 0 saturated heterocycles. The van der Waals surface area contributed by atoms with E-state index in [1.54, 1.807) is 0 Å². The zero-order chi connectivity index (χ0) is 15.1. The number of hydrogen-bond donors (Lipinski definition) is 0. The van der Waals surface area contributed by atoms with Crippen LogP contribution in [0.15, 0.2) is 58.5 Å². The van der Waals surface area contributed by atoms with E-state index in [9.17, 15) is 9.59 Å². The first-order valence-corrected chi connectivity index (χ1v) is 6.79. The molecule has 1 atom stereocenters. The Morgan fingerprint density at radius 2 is 1.86 bits per heavy atom. The number of rotatable bonds is 2. The lowest BCUT2D eigenvalue weighted by molar-refractivity contribution is -0.114. The first kappa shape index (κ1) is 12.6. The van der Waals surface area contributed by atoms with Crippen molar-refractivity contribution in [3.8, 4) is 11.1 Å². The van der Waals surface area contributed by atoms with Crippen LogP contribution in [0.1, 0.15) is 0 Å². The van der Waals surface area contributed by atoms with E-state index in [1.165, 1.54) is 0 Å². The number of fused-ring (bicyclic) bond motifs is 2. The Hall–Kier alpha value is -3.08. The molecular weight excluding hydrogens is 280 g/mol. The molecule has 4 rings (SSSR count). The minimum absolute atomic E-state index is 0.122. The van der Waals surface area contributed by atoms with Crippen molar-refractivity contribution in [2.45, 2.75) is 6.23 Å². The summed E-state index contributed by atoms with van der Waals surface area (Å²) in [6.45, 7) is 0. The monoisotopic (exact) mass is 290 g/mol. The summed E-state index contributed by atoms with van der Waals surface area (Å²) in [4.78, 5) is 30.8. The molecule has 2 aliphatic rings. The molecule has 0 spiro atoms. The molecule has 2 heterocycles. The van der Waals surface area contributed by atoms with Crippen LogP contribution >= 0.6 is 0 Å². The second kappa shape index (κ2) is 4.73. The zero-order valence-electron chi connectivity index (χ0n) is 11.4. The molecule has 0 aromatic heterocycles. The van der Waals surface area contributed by atoms with E-state index < -0.39 is 12.1 Å². The van der Waals surface area contributed by atoms with Crippen molar-refractivity contribution in [3.63, 3.8) is 0 Å². The highest BCUT2D eigenvalue weighted by Gasteiger charge is 2.31. The van der Waals surface area contributed by atoms with Gasteiger partial charge in [-0.15, -0.1) is 0 Å². The fraction of sp³-hybridized carbons (Fsp3) is 0.0588. The van der Waals surface area contributed by atoms with E-state index in [0.717, 1.165) is 11.1 Å². The second-order valence-corrected chi connectivity index (χ2v) is 4.97. The van der Waals surface area contributed by atoms with Crippen LogP contribution in [0.2, 0.25) is 0 Å². The van der Waals surface area contributed by atoms with Crippen molar-refractivity contribution in [2.75, 3.05) is 0 Å². The summed E-state index contributed by atoms with van der Waals surface area (Å²) in [6.07, 6.45) is -0.396. The van der Waals surface area contributed by atoms with Gasteiger partial charge < -0.3 is 4.74 Å². The molecule has 106 valence electrons. The summed E-state index contributed by atoms with van der Waals surface area (Å²) >= 11 is 0. The standard InChI is InChI=1S/C17H10N2O3/c20-9-14-19-15-16(22-14)12-7-6-11(8-13(12)18-17(15)21)10-4-2-1-3-5-10/h1-9,14H. The van der Waals surface area contributed by atoms with Crippen LogP contribution < -0.4 is 10.6 Å². The lowest BCUT2D eigenvalue weighted by Gasteiger charge is -2.08. The van der Waals surface area contributed by atoms with Crippen LogP contribution in [0.3, 0.4) is 0 Å². The molecule has 1 unspecified atom stereocenters. The summed E-state index contributed by atoms with van der Waals surface area (Å²) in [6, 6.07) is 15.4. The van der Waals surface area contributed by atoms with E-state index in [-0.39, 0.29) is 5.71 Å². The Kier molecular flexibility index (Phi) is 2.72. The quantitative estimate of drug-likeness (QED) is 0.761. The van der Waals surface area contributed by atoms with Crippen molar-refractivity contribution in [2.24, 2.45) is 9.98 Å². The molecule has 22 heavy (non-hydrogen) atoms. The van der Waals surface area contributed by atoms with Crippen molar-refractivity contribution >= 4 is 23.7 Å². The van der Waals surface area contributed by atoms with Crippen LogP contribution in [-0.4, -0.2) is 24.1 Å². The van der Waals surface area contributed by atoms with Crippen LogP contribution in [-0.2, 0) is 14.3 Å². The zero-order valence-corrected chi connectivity index (χ0v) is 11.4. The molecule has 0 bridgehead atoms. The van der Waals surface area contributed by atoms with Crippen LogP contribution in [0, 0.1) is 0 Å². The highest BCUT2D eigenvalue weighted by atomic mass is 16.5. The molecule has 2 aromatic carbocycles. The van der Waals surface area contributed by atoms with Gasteiger partial charge in [-0.05, 0) is 23.3 Å². The van der Waals surface area contributed by atoms with Gasteiger partial charge in [0.15, 0.2) is 17.8 Å². The molecule has 2 aliphatic heterocycles. The summed E-state index contributed by atoms with van der Waals surface area (Å²) < 4.78 is 5.42. The third kappa shape index (κ3) is 1.87. The highest BCUT2D eigenvalue weighted by molar-refractivity contribution is 6.54. The van der Waals surface area contributed by atoms with Gasteiger partial charge >= 0.3 is 0 Å². The molecule has 5 nitrogen and oxygen atoms in total. The van der Waals surface area contributed by atoms with Gasteiger partial charge in [0.2, 0.25) is 6.23 Å². The molecule has 1 amide bonds. The summed E-state index contributed by atoms with van der Waals surface area (Å²) in [5.74, 6) is -0.135. The minimum atomic E-state index is -0.955. The topological polar surface area (TPSA) is 68.1 Å². The van der Waals surface area contributed by atoms with Gasteiger partial charge in [-0.3, -0.25) is 9.59 Å². The number of ether oxygens (including phenoxy) is 1. The van der Waals surface area contributed by atoms with Crippen LogP contribution in [0.4, 0.5) is 0 Å². The van der Waals surface area contributed by atoms with Gasteiger partial charge in [0.25, 0.3) is 5.91 Å². The molecule has 0 aliphatic carbocycles. The number of hydrogen-bond acceptors (Lipinski definition) is 4. The number of nitrogens with zero attached hydrogens (tertiary/aromatic N) is 2. The number of benzene rings is 2. The van der Waals surface area contributed by atoms with E-state index >= 15 is 0 Å². The Bertz CT molecular complexity index is 946. The molecule has 0 radical (unpaired) electrons. The minimum Gasteiger partial charge on any atom is -0.458 e. The summed E-state index contributed by atoms with van der Waals surface area (Å²) in [5.41, 5.74) is 2.12. The molecule has 5 heteroatoms. The second-order valence-electron chi connectivity index (χ2n) is 4.97. The van der Waals surface area contributed by atoms with Gasteiger partial charge in [-0.2, -0.15) is 0 Å². The van der Waals surface area contributed by atoms with E-state index in [2.05, 4.69) is 9.98 Å². The molecule has 0 fully saturated rings. The van der Waals surface area contributed by atoms with Crippen molar-refractivity contribution in [3.05, 3.63) is 59.1 Å². The SMILES string of the molecule is O=CC1N=C2C(=O)N=c3cc(-c4ccccc4)ccc3=C2O1. The van der Waals surface area contributed by atoms with Gasteiger partial charge in [0.05, 0.1) is 5.36 Å². The fourth-order valence-corrected chi connectivity index (χ4v) is 2.58. The highest BCUT2D eigenvalue weighted by Crippen LogP contribution is 2.19. The van der Waals surface area contributed by atoms with E-state index in [4.69, 9.17) is 4.74 Å². The predicted molar refractivity (Wildman–Crippen MR) is 79.4 cm³/mol. The lowest BCUT2D eigenvalue weighted by atomic mass is 10.0. The molecule has 0 saturated carbocycles. The summed E-state index contributed by atoms with van der Waals surface area (Å²) in [7, 11) is 0. The van der Waals surface area contributed by atoms with Crippen LogP contribution in [0.25, 0.3) is 16.9 Å². The Morgan fingerprint density at radius 1 is 1.05 bits per heavy atom. The smallest absolute Gasteiger partial charge is 0.299 e. The lowest BCUT2D eigenvalue weighted by Crippen LogP contribution is -2.37. The fourth-order valence-electron chi connectivity index (χ4n) is 2.58. The number of aldehydes is 1. The maximum atomic E-state index is 12.0. The predicted octanol–water partition coefficient (Wildman–Crippen LogP) is 0.618. The average Bonchev–Trinajstić information content (AvgIpc) is 3.00. The van der Waals surface area contributed by atoms with E-state index in [0.29, 0.717) is 22.6 Å². The van der Waals surface area contributed by atoms with Crippen LogP contribution in [0.5, 0.6) is 0 Å². The largest absolute Gasteiger partial charge is 0.458 e. The molecule has 2 aromatic rings. The van der Waals surface area contributed by atoms with Gasteiger partial charge in [0, 0.05) is 5.22 Å². The number of carbonyl (C=O) groups is 2. The number of carbonyl (C=O) groups excluding carboxylic acids is 2. The number of amides is 1. The van der Waals surface area contributed by atoms with Gasteiger partial charge in [-0.1, -0.05) is 36.4 Å². The third-order valence-electron chi connectivity index (χ3n) is 3.60. The normalized spacial score (nSPS) is 18.7. The maximum absolute atomic E-state index is 12.0.